The van der Waals surface area contributed by atoms with Crippen LogP contribution in [0, 0.1) is 12.8 Å². The van der Waals surface area contributed by atoms with Crippen LogP contribution in [-0.2, 0) is 0 Å². The number of carbonyl (C=O) groups excluding carboxylic acids is 1. The standard InChI is InChI=1S/C16H23N5O.ClH/c1-3-17-10-13-5-7-20(8-6-13)16(22)14-11-18-21-9-4-12(2)19-15(14)21;/h4,9,11,13,17H,3,5-8,10H2,1-2H3;1H. The van der Waals surface area contributed by atoms with Crippen LogP contribution >= 0.6 is 12.4 Å². The van der Waals surface area contributed by atoms with Crippen molar-refractivity contribution >= 4 is 24.0 Å². The summed E-state index contributed by atoms with van der Waals surface area (Å²) in [7, 11) is 0. The van der Waals surface area contributed by atoms with E-state index in [1.165, 1.54) is 0 Å². The molecule has 0 unspecified atom stereocenters. The van der Waals surface area contributed by atoms with Gasteiger partial charge in [-0.05, 0) is 44.8 Å². The Morgan fingerprint density at radius 1 is 1.39 bits per heavy atom. The average molecular weight is 338 g/mol. The molecule has 23 heavy (non-hydrogen) atoms. The van der Waals surface area contributed by atoms with Crippen LogP contribution in [0.5, 0.6) is 0 Å². The van der Waals surface area contributed by atoms with Gasteiger partial charge in [0, 0.05) is 25.0 Å². The molecule has 2 aromatic rings. The van der Waals surface area contributed by atoms with E-state index in [0.717, 1.165) is 44.7 Å². The number of amides is 1. The molecular weight excluding hydrogens is 314 g/mol. The van der Waals surface area contributed by atoms with Gasteiger partial charge in [-0.1, -0.05) is 6.92 Å². The van der Waals surface area contributed by atoms with Crippen LogP contribution in [0.15, 0.2) is 18.5 Å². The van der Waals surface area contributed by atoms with Gasteiger partial charge < -0.3 is 10.2 Å². The minimum atomic E-state index is 0. The number of carbonyl (C=O) groups is 1. The summed E-state index contributed by atoms with van der Waals surface area (Å²) in [6.07, 6.45) is 5.60. The summed E-state index contributed by atoms with van der Waals surface area (Å²) in [5.41, 5.74) is 2.15. The smallest absolute Gasteiger partial charge is 0.259 e. The molecule has 0 radical (unpaired) electrons. The first kappa shape index (κ1) is 17.7. The molecule has 7 heteroatoms. The van der Waals surface area contributed by atoms with E-state index >= 15 is 0 Å². The SMILES string of the molecule is CCNCC1CCN(C(=O)c2cnn3ccc(C)nc23)CC1.Cl. The van der Waals surface area contributed by atoms with Gasteiger partial charge in [0.2, 0.25) is 0 Å². The fourth-order valence-electron chi connectivity index (χ4n) is 2.97. The molecule has 3 rings (SSSR count). The Labute approximate surface area is 142 Å². The van der Waals surface area contributed by atoms with Crippen molar-refractivity contribution < 1.29 is 4.79 Å². The lowest BCUT2D eigenvalue weighted by Gasteiger charge is -2.31. The Morgan fingerprint density at radius 3 is 2.83 bits per heavy atom. The Hall–Kier alpha value is -1.66. The van der Waals surface area contributed by atoms with Crippen LogP contribution in [0.2, 0.25) is 0 Å². The molecule has 126 valence electrons. The maximum atomic E-state index is 12.7. The lowest BCUT2D eigenvalue weighted by Crippen LogP contribution is -2.40. The maximum absolute atomic E-state index is 12.7. The van der Waals surface area contributed by atoms with Crippen molar-refractivity contribution in [3.63, 3.8) is 0 Å². The van der Waals surface area contributed by atoms with E-state index in [1.807, 2.05) is 24.1 Å². The van der Waals surface area contributed by atoms with Crippen molar-refractivity contribution in [1.82, 2.24) is 24.8 Å². The zero-order valence-electron chi connectivity index (χ0n) is 13.7. The zero-order valence-corrected chi connectivity index (χ0v) is 14.5. The fraction of sp³-hybridized carbons (Fsp3) is 0.562. The second-order valence-corrected chi connectivity index (χ2v) is 5.94. The largest absolute Gasteiger partial charge is 0.338 e. The van der Waals surface area contributed by atoms with Crippen LogP contribution in [0.4, 0.5) is 0 Å². The third-order valence-electron chi connectivity index (χ3n) is 4.32. The quantitative estimate of drug-likeness (QED) is 0.926. The van der Waals surface area contributed by atoms with Gasteiger partial charge in [-0.25, -0.2) is 9.50 Å². The Balaban J connectivity index is 0.00000192. The molecule has 3 heterocycles. The summed E-state index contributed by atoms with van der Waals surface area (Å²) in [6.45, 7) is 7.74. The van der Waals surface area contributed by atoms with Gasteiger partial charge in [0.15, 0.2) is 5.65 Å². The zero-order chi connectivity index (χ0) is 15.5. The van der Waals surface area contributed by atoms with Crippen molar-refractivity contribution in [2.45, 2.75) is 26.7 Å². The van der Waals surface area contributed by atoms with Gasteiger partial charge in [-0.3, -0.25) is 4.79 Å². The monoisotopic (exact) mass is 337 g/mol. The lowest BCUT2D eigenvalue weighted by atomic mass is 9.96. The van der Waals surface area contributed by atoms with Gasteiger partial charge in [0.25, 0.3) is 5.91 Å². The molecule has 0 aliphatic carbocycles. The normalized spacial score (nSPS) is 15.7. The highest BCUT2D eigenvalue weighted by Crippen LogP contribution is 2.20. The van der Waals surface area contributed by atoms with Crippen molar-refractivity contribution in [1.29, 1.82) is 0 Å². The molecule has 1 saturated heterocycles. The average Bonchev–Trinajstić information content (AvgIpc) is 2.95. The number of piperidine rings is 1. The Bertz CT molecular complexity index is 664. The molecular formula is C16H24ClN5O. The number of hydrogen-bond donors (Lipinski definition) is 1. The molecule has 1 fully saturated rings. The highest BCUT2D eigenvalue weighted by molar-refractivity contribution is 5.99. The minimum absolute atomic E-state index is 0. The summed E-state index contributed by atoms with van der Waals surface area (Å²) in [5.74, 6) is 0.725. The van der Waals surface area contributed by atoms with E-state index in [0.29, 0.717) is 17.1 Å². The number of fused-ring (bicyclic) bond motifs is 1. The number of aromatic nitrogens is 3. The van der Waals surface area contributed by atoms with Crippen molar-refractivity contribution in [2.75, 3.05) is 26.2 Å². The first-order valence-electron chi connectivity index (χ1n) is 8.00. The van der Waals surface area contributed by atoms with Crippen molar-refractivity contribution in [3.8, 4) is 0 Å². The summed E-state index contributed by atoms with van der Waals surface area (Å²) in [4.78, 5) is 19.1. The number of halogens is 1. The molecule has 0 bridgehead atoms. The second kappa shape index (κ2) is 7.75. The summed E-state index contributed by atoms with van der Waals surface area (Å²) >= 11 is 0. The maximum Gasteiger partial charge on any atom is 0.259 e. The second-order valence-electron chi connectivity index (χ2n) is 5.94. The molecule has 0 spiro atoms. The first-order valence-corrected chi connectivity index (χ1v) is 8.00. The molecule has 1 N–H and O–H groups in total. The summed E-state index contributed by atoms with van der Waals surface area (Å²) in [6, 6.07) is 1.89. The van der Waals surface area contributed by atoms with E-state index < -0.39 is 0 Å². The predicted octanol–water partition coefficient (Wildman–Crippen LogP) is 1.92. The summed E-state index contributed by atoms with van der Waals surface area (Å²) in [5, 5.41) is 7.62. The van der Waals surface area contributed by atoms with Crippen LogP contribution < -0.4 is 5.32 Å². The molecule has 2 aromatic heterocycles. The number of nitrogens with zero attached hydrogens (tertiary/aromatic N) is 4. The van der Waals surface area contributed by atoms with Crippen LogP contribution in [0.25, 0.3) is 5.65 Å². The fourth-order valence-corrected chi connectivity index (χ4v) is 2.97. The van der Waals surface area contributed by atoms with Crippen molar-refractivity contribution in [2.24, 2.45) is 5.92 Å². The predicted molar refractivity (Wildman–Crippen MR) is 92.1 cm³/mol. The Kier molecular flexibility index (Phi) is 5.96. The number of nitrogens with one attached hydrogen (secondary N) is 1. The van der Waals surface area contributed by atoms with Crippen LogP contribution in [0.1, 0.15) is 35.8 Å². The number of likely N-dealkylation sites (tertiary alicyclic amines) is 1. The number of aryl methyl sites for hydroxylation is 1. The van der Waals surface area contributed by atoms with E-state index in [4.69, 9.17) is 0 Å². The van der Waals surface area contributed by atoms with Gasteiger partial charge in [-0.2, -0.15) is 5.10 Å². The number of rotatable bonds is 4. The topological polar surface area (TPSA) is 62.5 Å². The van der Waals surface area contributed by atoms with E-state index in [9.17, 15) is 4.79 Å². The molecule has 0 atom stereocenters. The molecule has 1 amide bonds. The van der Waals surface area contributed by atoms with E-state index in [1.54, 1.807) is 10.7 Å². The van der Waals surface area contributed by atoms with E-state index in [-0.39, 0.29) is 18.3 Å². The molecule has 6 nitrogen and oxygen atoms in total. The first-order chi connectivity index (χ1) is 10.7. The van der Waals surface area contributed by atoms with Gasteiger partial charge in [0.1, 0.15) is 5.56 Å². The van der Waals surface area contributed by atoms with Gasteiger partial charge in [0.05, 0.1) is 6.20 Å². The Morgan fingerprint density at radius 2 is 2.13 bits per heavy atom. The highest BCUT2D eigenvalue weighted by atomic mass is 35.5. The highest BCUT2D eigenvalue weighted by Gasteiger charge is 2.25. The van der Waals surface area contributed by atoms with Gasteiger partial charge >= 0.3 is 0 Å². The van der Waals surface area contributed by atoms with E-state index in [2.05, 4.69) is 22.3 Å². The lowest BCUT2D eigenvalue weighted by molar-refractivity contribution is 0.0692. The summed E-state index contributed by atoms with van der Waals surface area (Å²) < 4.78 is 1.66. The van der Waals surface area contributed by atoms with Crippen LogP contribution in [0.3, 0.4) is 0 Å². The molecule has 1 aliphatic rings. The number of hydrogen-bond acceptors (Lipinski definition) is 4. The third kappa shape index (κ3) is 3.82. The molecule has 1 aliphatic heterocycles. The van der Waals surface area contributed by atoms with Crippen molar-refractivity contribution in [3.05, 3.63) is 29.7 Å². The van der Waals surface area contributed by atoms with Gasteiger partial charge in [-0.15, -0.1) is 12.4 Å². The van der Waals surface area contributed by atoms with Crippen LogP contribution in [-0.4, -0.2) is 51.6 Å². The minimum Gasteiger partial charge on any atom is -0.338 e. The molecule has 0 saturated carbocycles. The third-order valence-corrected chi connectivity index (χ3v) is 4.32. The molecule has 0 aromatic carbocycles.